The SMILES string of the molecule is CC(C)CC1COc2ccc(Br)cc2N1. The van der Waals surface area contributed by atoms with E-state index in [9.17, 15) is 0 Å². The molecule has 0 bridgehead atoms. The predicted molar refractivity (Wildman–Crippen MR) is 66.5 cm³/mol. The fourth-order valence-corrected chi connectivity index (χ4v) is 2.25. The number of anilines is 1. The van der Waals surface area contributed by atoms with Crippen LogP contribution in [0.25, 0.3) is 0 Å². The molecule has 0 radical (unpaired) electrons. The molecule has 2 nitrogen and oxygen atoms in total. The van der Waals surface area contributed by atoms with Gasteiger partial charge in [0.1, 0.15) is 12.4 Å². The zero-order chi connectivity index (χ0) is 10.8. The van der Waals surface area contributed by atoms with Crippen LogP contribution in [-0.2, 0) is 0 Å². The minimum atomic E-state index is 0.437. The first kappa shape index (κ1) is 10.8. The summed E-state index contributed by atoms with van der Waals surface area (Å²) < 4.78 is 6.79. The van der Waals surface area contributed by atoms with Crippen LogP contribution in [0.3, 0.4) is 0 Å². The van der Waals surface area contributed by atoms with Gasteiger partial charge in [-0.15, -0.1) is 0 Å². The lowest BCUT2D eigenvalue weighted by Crippen LogP contribution is -2.32. The molecule has 3 heteroatoms. The van der Waals surface area contributed by atoms with Gasteiger partial charge in [0, 0.05) is 4.47 Å². The van der Waals surface area contributed by atoms with E-state index in [0.29, 0.717) is 12.0 Å². The molecule has 1 N–H and O–H groups in total. The van der Waals surface area contributed by atoms with Gasteiger partial charge in [-0.1, -0.05) is 29.8 Å². The Labute approximate surface area is 99.1 Å². The van der Waals surface area contributed by atoms with Crippen LogP contribution in [0, 0.1) is 5.92 Å². The van der Waals surface area contributed by atoms with Crippen molar-refractivity contribution in [3.05, 3.63) is 22.7 Å². The van der Waals surface area contributed by atoms with Crippen LogP contribution < -0.4 is 10.1 Å². The minimum absolute atomic E-state index is 0.437. The van der Waals surface area contributed by atoms with Gasteiger partial charge in [-0.3, -0.25) is 0 Å². The first-order valence-corrected chi connectivity index (χ1v) is 6.13. The van der Waals surface area contributed by atoms with Crippen LogP contribution in [0.1, 0.15) is 20.3 Å². The molecule has 0 fully saturated rings. The second-order valence-electron chi connectivity index (χ2n) is 4.42. The first-order valence-electron chi connectivity index (χ1n) is 5.34. The highest BCUT2D eigenvalue weighted by atomic mass is 79.9. The van der Waals surface area contributed by atoms with Crippen LogP contribution in [-0.4, -0.2) is 12.6 Å². The number of rotatable bonds is 2. The summed E-state index contributed by atoms with van der Waals surface area (Å²) in [6.45, 7) is 5.24. The molecule has 2 rings (SSSR count). The molecule has 15 heavy (non-hydrogen) atoms. The van der Waals surface area contributed by atoms with E-state index >= 15 is 0 Å². The van der Waals surface area contributed by atoms with Crippen molar-refractivity contribution in [1.82, 2.24) is 0 Å². The van der Waals surface area contributed by atoms with Crippen molar-refractivity contribution < 1.29 is 4.74 Å². The fourth-order valence-electron chi connectivity index (χ4n) is 1.89. The number of ether oxygens (including phenoxy) is 1. The van der Waals surface area contributed by atoms with Crippen molar-refractivity contribution in [3.8, 4) is 5.75 Å². The Morgan fingerprint density at radius 2 is 2.33 bits per heavy atom. The average Bonchev–Trinajstić information content (AvgIpc) is 2.16. The van der Waals surface area contributed by atoms with Gasteiger partial charge in [0.05, 0.1) is 11.7 Å². The molecule has 1 atom stereocenters. The number of nitrogens with one attached hydrogen (secondary N) is 1. The van der Waals surface area contributed by atoms with Crippen molar-refractivity contribution in [3.63, 3.8) is 0 Å². The standard InChI is InChI=1S/C12H16BrNO/c1-8(2)5-10-7-15-12-4-3-9(13)6-11(12)14-10/h3-4,6,8,10,14H,5,7H2,1-2H3. The summed E-state index contributed by atoms with van der Waals surface area (Å²) >= 11 is 3.47. The first-order chi connectivity index (χ1) is 7.15. The molecule has 0 spiro atoms. The van der Waals surface area contributed by atoms with Gasteiger partial charge < -0.3 is 10.1 Å². The summed E-state index contributed by atoms with van der Waals surface area (Å²) in [5.41, 5.74) is 1.10. The average molecular weight is 270 g/mol. The highest BCUT2D eigenvalue weighted by Gasteiger charge is 2.19. The smallest absolute Gasteiger partial charge is 0.142 e. The number of halogens is 1. The topological polar surface area (TPSA) is 21.3 Å². The lowest BCUT2D eigenvalue weighted by Gasteiger charge is -2.28. The molecule has 0 aromatic heterocycles. The van der Waals surface area contributed by atoms with Crippen molar-refractivity contribution in [2.75, 3.05) is 11.9 Å². The van der Waals surface area contributed by atoms with Gasteiger partial charge in [0.25, 0.3) is 0 Å². The van der Waals surface area contributed by atoms with E-state index in [0.717, 1.165) is 28.9 Å². The summed E-state index contributed by atoms with van der Waals surface area (Å²) in [6.07, 6.45) is 1.14. The van der Waals surface area contributed by atoms with E-state index in [1.807, 2.05) is 12.1 Å². The molecule has 1 heterocycles. The van der Waals surface area contributed by atoms with Crippen LogP contribution in [0.2, 0.25) is 0 Å². The third-order valence-electron chi connectivity index (χ3n) is 2.50. The Balaban J connectivity index is 2.11. The molecule has 0 aliphatic carbocycles. The Kier molecular flexibility index (Phi) is 3.19. The highest BCUT2D eigenvalue weighted by Crippen LogP contribution is 2.32. The fraction of sp³-hybridized carbons (Fsp3) is 0.500. The Morgan fingerprint density at radius 1 is 1.53 bits per heavy atom. The van der Waals surface area contributed by atoms with Gasteiger partial charge in [-0.05, 0) is 30.5 Å². The lowest BCUT2D eigenvalue weighted by molar-refractivity contribution is 0.268. The molecule has 0 saturated carbocycles. The Morgan fingerprint density at radius 3 is 3.07 bits per heavy atom. The quantitative estimate of drug-likeness (QED) is 0.885. The van der Waals surface area contributed by atoms with Crippen molar-refractivity contribution in [2.24, 2.45) is 5.92 Å². The molecule has 82 valence electrons. The molecule has 1 aromatic rings. The van der Waals surface area contributed by atoms with E-state index in [1.54, 1.807) is 0 Å². The molecule has 1 aliphatic rings. The van der Waals surface area contributed by atoms with E-state index in [2.05, 4.69) is 41.2 Å². The largest absolute Gasteiger partial charge is 0.489 e. The maximum absolute atomic E-state index is 5.71. The summed E-state index contributed by atoms with van der Waals surface area (Å²) in [7, 11) is 0. The predicted octanol–water partition coefficient (Wildman–Crippen LogP) is 3.67. The van der Waals surface area contributed by atoms with Gasteiger partial charge in [-0.2, -0.15) is 0 Å². The van der Waals surface area contributed by atoms with Crippen molar-refractivity contribution in [1.29, 1.82) is 0 Å². The molecule has 1 unspecified atom stereocenters. The normalized spacial score (nSPS) is 19.3. The molecule has 0 saturated heterocycles. The number of fused-ring (bicyclic) bond motifs is 1. The molecular formula is C12H16BrNO. The van der Waals surface area contributed by atoms with Crippen molar-refractivity contribution in [2.45, 2.75) is 26.3 Å². The monoisotopic (exact) mass is 269 g/mol. The van der Waals surface area contributed by atoms with E-state index in [-0.39, 0.29) is 0 Å². The third kappa shape index (κ3) is 2.65. The summed E-state index contributed by atoms with van der Waals surface area (Å²) in [5, 5.41) is 3.51. The van der Waals surface area contributed by atoms with E-state index in [1.165, 1.54) is 0 Å². The zero-order valence-electron chi connectivity index (χ0n) is 9.09. The minimum Gasteiger partial charge on any atom is -0.489 e. The van der Waals surface area contributed by atoms with Crippen LogP contribution in [0.15, 0.2) is 22.7 Å². The molecule has 1 aromatic carbocycles. The number of benzene rings is 1. The van der Waals surface area contributed by atoms with Crippen LogP contribution in [0.5, 0.6) is 5.75 Å². The second-order valence-corrected chi connectivity index (χ2v) is 5.34. The van der Waals surface area contributed by atoms with Gasteiger partial charge in [0.15, 0.2) is 0 Å². The summed E-state index contributed by atoms with van der Waals surface area (Å²) in [6, 6.07) is 6.51. The number of hydrogen-bond acceptors (Lipinski definition) is 2. The van der Waals surface area contributed by atoms with Crippen molar-refractivity contribution >= 4 is 21.6 Å². The Bertz CT molecular complexity index is 351. The molecule has 1 aliphatic heterocycles. The maximum Gasteiger partial charge on any atom is 0.142 e. The van der Waals surface area contributed by atoms with E-state index in [4.69, 9.17) is 4.74 Å². The van der Waals surface area contributed by atoms with Crippen LogP contribution in [0.4, 0.5) is 5.69 Å². The maximum atomic E-state index is 5.71. The second kappa shape index (κ2) is 4.44. The Hall–Kier alpha value is -0.700. The van der Waals surface area contributed by atoms with E-state index < -0.39 is 0 Å². The summed E-state index contributed by atoms with van der Waals surface area (Å²) in [5.74, 6) is 1.65. The molecular weight excluding hydrogens is 254 g/mol. The van der Waals surface area contributed by atoms with Crippen LogP contribution >= 0.6 is 15.9 Å². The number of hydrogen-bond donors (Lipinski definition) is 1. The third-order valence-corrected chi connectivity index (χ3v) is 2.99. The van der Waals surface area contributed by atoms with Gasteiger partial charge >= 0.3 is 0 Å². The molecule has 0 amide bonds. The summed E-state index contributed by atoms with van der Waals surface area (Å²) in [4.78, 5) is 0. The van der Waals surface area contributed by atoms with Gasteiger partial charge in [0.2, 0.25) is 0 Å². The highest BCUT2D eigenvalue weighted by molar-refractivity contribution is 9.10. The lowest BCUT2D eigenvalue weighted by atomic mass is 10.0. The zero-order valence-corrected chi connectivity index (χ0v) is 10.7. The van der Waals surface area contributed by atoms with Gasteiger partial charge in [-0.25, -0.2) is 0 Å².